The SMILES string of the molecule is CC1[C@@H](C)[C@@H](COP(=O)([O-])OP(=O)([O-])OP(=O)([O-])NC(C)(C)C)O[C@H]1n1cnc2c(N)ncnc21. The highest BCUT2D eigenvalue weighted by Gasteiger charge is 2.41. The number of imidazole rings is 1. The van der Waals surface area contributed by atoms with Crippen LogP contribution in [0.25, 0.3) is 11.2 Å². The van der Waals surface area contributed by atoms with Crippen molar-refractivity contribution in [2.45, 2.75) is 52.5 Å². The molecule has 2 aromatic heterocycles. The zero-order chi connectivity index (χ0) is 26.4. The highest BCUT2D eigenvalue weighted by atomic mass is 31.3. The van der Waals surface area contributed by atoms with Gasteiger partial charge in [0, 0.05) is 11.5 Å². The molecule has 1 aliphatic rings. The Balaban J connectivity index is 1.65. The number of ether oxygens (including phenoxy) is 1. The Morgan fingerprint density at radius 1 is 1.09 bits per heavy atom. The number of phosphoric acid groups is 2. The second-order valence-corrected chi connectivity index (χ2v) is 13.7. The Hall–Kier alpha value is -1.28. The van der Waals surface area contributed by atoms with Crippen LogP contribution in [0.15, 0.2) is 12.7 Å². The summed E-state index contributed by atoms with van der Waals surface area (Å²) in [5.74, 6) is -0.251. The Morgan fingerprint density at radius 3 is 2.37 bits per heavy atom. The molecule has 3 rings (SSSR count). The summed E-state index contributed by atoms with van der Waals surface area (Å²) in [4.78, 5) is 48.0. The van der Waals surface area contributed by atoms with Crippen LogP contribution in [0.2, 0.25) is 0 Å². The van der Waals surface area contributed by atoms with Crippen molar-refractivity contribution in [2.24, 2.45) is 11.8 Å². The van der Waals surface area contributed by atoms with Gasteiger partial charge in [0.25, 0.3) is 15.6 Å². The van der Waals surface area contributed by atoms with Crippen molar-refractivity contribution in [1.82, 2.24) is 24.6 Å². The molecule has 1 aliphatic heterocycles. The molecule has 35 heavy (non-hydrogen) atoms. The Kier molecular flexibility index (Phi) is 7.99. The van der Waals surface area contributed by atoms with Crippen LogP contribution in [0.5, 0.6) is 0 Å². The summed E-state index contributed by atoms with van der Waals surface area (Å²) in [6.45, 7) is 7.29. The fourth-order valence-electron chi connectivity index (χ4n) is 3.48. The van der Waals surface area contributed by atoms with E-state index >= 15 is 0 Å². The van der Waals surface area contributed by atoms with Gasteiger partial charge in [0.2, 0.25) is 7.75 Å². The first kappa shape index (κ1) is 28.3. The number of nitrogen functional groups attached to an aromatic ring is 1. The number of aromatic nitrogens is 4. The fourth-order valence-corrected chi connectivity index (χ4v) is 7.40. The third-order valence-corrected chi connectivity index (χ3v) is 9.79. The van der Waals surface area contributed by atoms with E-state index in [2.05, 4.69) is 28.1 Å². The molecule has 3 heterocycles. The highest BCUT2D eigenvalue weighted by Crippen LogP contribution is 2.62. The Labute approximate surface area is 201 Å². The second kappa shape index (κ2) is 9.88. The molecule has 0 spiro atoms. The van der Waals surface area contributed by atoms with Crippen molar-refractivity contribution >= 4 is 40.4 Å². The molecule has 7 atom stereocenters. The lowest BCUT2D eigenvalue weighted by Gasteiger charge is -2.37. The molecule has 0 amide bonds. The molecular weight excluding hydrogens is 529 g/mol. The zero-order valence-electron chi connectivity index (χ0n) is 19.5. The molecule has 1 fully saturated rings. The molecule has 0 bridgehead atoms. The van der Waals surface area contributed by atoms with Gasteiger partial charge in [-0.05, 0) is 26.7 Å². The van der Waals surface area contributed by atoms with E-state index in [9.17, 15) is 28.4 Å². The highest BCUT2D eigenvalue weighted by molar-refractivity contribution is 7.66. The standard InChI is InChI=1S/C16H29N6O10P3/c1-9-10(2)15(22-8-20-12-13(17)18-7-19-14(12)22)30-11(9)6-29-34(25,26)32-35(27,28)31-33(23,24)21-16(3,4)5/h7-11,15H,6H2,1-5H3,(H,25,26)(H,27,28)(H2,17,18,19)(H2,21,23,24)/p-3/t9-,10?,11-,15-/m1/s1. The average Bonchev–Trinajstić information content (AvgIpc) is 3.19. The molecule has 16 nitrogen and oxygen atoms in total. The van der Waals surface area contributed by atoms with Gasteiger partial charge in [-0.2, -0.15) is 0 Å². The lowest BCUT2D eigenvalue weighted by Crippen LogP contribution is -2.37. The molecule has 0 aromatic carbocycles. The number of hydrogen-bond donors (Lipinski definition) is 2. The summed E-state index contributed by atoms with van der Waals surface area (Å²) in [6.07, 6.45) is 1.31. The Morgan fingerprint density at radius 2 is 1.74 bits per heavy atom. The largest absolute Gasteiger partial charge is 0.766 e. The van der Waals surface area contributed by atoms with Crippen LogP contribution in [-0.2, 0) is 31.6 Å². The molecule has 0 radical (unpaired) electrons. The molecule has 2 aromatic rings. The normalized spacial score (nSPS) is 28.5. The molecular formula is C16H26N6O10P3-3. The van der Waals surface area contributed by atoms with E-state index in [0.29, 0.717) is 11.2 Å². The predicted molar refractivity (Wildman–Crippen MR) is 116 cm³/mol. The summed E-state index contributed by atoms with van der Waals surface area (Å²) in [6, 6.07) is 0. The molecule has 0 aliphatic carbocycles. The molecule has 1 saturated heterocycles. The molecule has 19 heteroatoms. The van der Waals surface area contributed by atoms with Gasteiger partial charge in [0.1, 0.15) is 18.1 Å². The molecule has 198 valence electrons. The van der Waals surface area contributed by atoms with Crippen molar-refractivity contribution < 1.29 is 46.3 Å². The van der Waals surface area contributed by atoms with Gasteiger partial charge in [-0.25, -0.2) is 19.3 Å². The minimum atomic E-state index is -5.86. The average molecular weight is 555 g/mol. The molecule has 3 N–H and O–H groups in total. The van der Waals surface area contributed by atoms with Crippen molar-refractivity contribution in [3.05, 3.63) is 12.7 Å². The number of nitrogens with zero attached hydrogens (tertiary/aromatic N) is 4. The smallest absolute Gasteiger partial charge is 0.280 e. The van der Waals surface area contributed by atoms with E-state index in [1.807, 2.05) is 12.0 Å². The second-order valence-electron chi connectivity index (χ2n) is 9.08. The van der Waals surface area contributed by atoms with Gasteiger partial charge in [0.05, 0.1) is 19.0 Å². The number of anilines is 1. The maximum Gasteiger partial charge on any atom is 0.280 e. The van der Waals surface area contributed by atoms with Gasteiger partial charge in [0.15, 0.2) is 11.5 Å². The van der Waals surface area contributed by atoms with Crippen LogP contribution in [-0.4, -0.2) is 37.8 Å². The van der Waals surface area contributed by atoms with Crippen molar-refractivity contribution in [1.29, 1.82) is 0 Å². The molecule has 4 unspecified atom stereocenters. The third-order valence-electron chi connectivity index (χ3n) is 5.12. The summed E-state index contributed by atoms with van der Waals surface area (Å²) in [5, 5.41) is 1.91. The van der Waals surface area contributed by atoms with Crippen molar-refractivity contribution in [2.75, 3.05) is 12.3 Å². The lowest BCUT2D eigenvalue weighted by atomic mass is 9.93. The van der Waals surface area contributed by atoms with E-state index in [-0.39, 0.29) is 17.7 Å². The first-order valence-electron chi connectivity index (χ1n) is 10.3. The number of phosphoric ester groups is 1. The monoisotopic (exact) mass is 555 g/mol. The van der Waals surface area contributed by atoms with Gasteiger partial charge >= 0.3 is 0 Å². The van der Waals surface area contributed by atoms with Crippen molar-refractivity contribution in [3.63, 3.8) is 0 Å². The minimum absolute atomic E-state index is 0.173. The van der Waals surface area contributed by atoms with Crippen LogP contribution in [0.4, 0.5) is 5.82 Å². The number of rotatable bonds is 9. The first-order valence-corrected chi connectivity index (χ1v) is 14.7. The van der Waals surface area contributed by atoms with E-state index in [1.165, 1.54) is 33.4 Å². The Bertz CT molecular complexity index is 1220. The van der Waals surface area contributed by atoms with Crippen LogP contribution < -0.4 is 25.5 Å². The predicted octanol–water partition coefficient (Wildman–Crippen LogP) is 0.421. The van der Waals surface area contributed by atoms with E-state index in [0.717, 1.165) is 0 Å². The van der Waals surface area contributed by atoms with Gasteiger partial charge in [-0.15, -0.1) is 0 Å². The van der Waals surface area contributed by atoms with Gasteiger partial charge < -0.3 is 29.7 Å². The first-order chi connectivity index (χ1) is 15.9. The maximum absolute atomic E-state index is 12.1. The van der Waals surface area contributed by atoms with E-state index < -0.39 is 47.9 Å². The number of hydrogen-bond acceptors (Lipinski definition) is 14. The van der Waals surface area contributed by atoms with Crippen LogP contribution >= 0.6 is 23.4 Å². The summed E-state index contributed by atoms with van der Waals surface area (Å²) in [7, 11) is -16.6. The van der Waals surface area contributed by atoms with Crippen LogP contribution in [0, 0.1) is 11.8 Å². The van der Waals surface area contributed by atoms with Crippen LogP contribution in [0.3, 0.4) is 0 Å². The quantitative estimate of drug-likeness (QED) is 0.399. The third kappa shape index (κ3) is 7.15. The topological polar surface area (TPSA) is 239 Å². The van der Waals surface area contributed by atoms with E-state index in [1.54, 1.807) is 11.5 Å². The molecule has 0 saturated carbocycles. The summed E-state index contributed by atoms with van der Waals surface area (Å²) < 4.78 is 55.9. The lowest BCUT2D eigenvalue weighted by molar-refractivity contribution is -0.246. The van der Waals surface area contributed by atoms with Gasteiger partial charge in [-0.1, -0.05) is 13.8 Å². The minimum Gasteiger partial charge on any atom is -0.766 e. The van der Waals surface area contributed by atoms with Crippen LogP contribution in [0.1, 0.15) is 40.8 Å². The van der Waals surface area contributed by atoms with Gasteiger partial charge in [-0.3, -0.25) is 27.7 Å². The number of fused-ring (bicyclic) bond motifs is 1. The summed E-state index contributed by atoms with van der Waals surface area (Å²) in [5.41, 5.74) is 5.50. The fraction of sp³-hybridized carbons (Fsp3) is 0.688. The van der Waals surface area contributed by atoms with Crippen molar-refractivity contribution in [3.8, 4) is 0 Å². The maximum atomic E-state index is 12.1. The number of nitrogens with two attached hydrogens (primary N) is 1. The zero-order valence-corrected chi connectivity index (χ0v) is 22.1. The van der Waals surface area contributed by atoms with E-state index in [4.69, 9.17) is 10.5 Å². The number of nitrogens with one attached hydrogen (secondary N) is 1. The summed E-state index contributed by atoms with van der Waals surface area (Å²) >= 11 is 0.